The fourth-order valence-electron chi connectivity index (χ4n) is 3.25. The molecule has 162 valence electrons. The fraction of sp³-hybridized carbons (Fsp3) is 0.391. The molecule has 0 N–H and O–H groups in total. The molecule has 0 unspecified atom stereocenters. The number of rotatable bonds is 9. The summed E-state index contributed by atoms with van der Waals surface area (Å²) in [6.07, 6.45) is 1.22. The van der Waals surface area contributed by atoms with Gasteiger partial charge in [-0.05, 0) is 70.2 Å². The van der Waals surface area contributed by atoms with Gasteiger partial charge in [0.1, 0.15) is 5.75 Å². The van der Waals surface area contributed by atoms with Crippen LogP contribution in [0.25, 0.3) is 10.2 Å². The third-order valence-electron chi connectivity index (χ3n) is 4.67. The summed E-state index contributed by atoms with van der Waals surface area (Å²) in [4.78, 5) is 21.8. The van der Waals surface area contributed by atoms with E-state index in [2.05, 4.69) is 30.9 Å². The number of aromatic nitrogens is 1. The summed E-state index contributed by atoms with van der Waals surface area (Å²) in [6.45, 7) is 6.10. The molecule has 0 saturated heterocycles. The predicted molar refractivity (Wildman–Crippen MR) is 128 cm³/mol. The van der Waals surface area contributed by atoms with Crippen LogP contribution in [0.3, 0.4) is 0 Å². The molecule has 2 aromatic carbocycles. The molecule has 0 radical (unpaired) electrons. The number of carbonyl (C=O) groups excluding carboxylic acids is 1. The van der Waals surface area contributed by atoms with Crippen LogP contribution in [-0.2, 0) is 4.79 Å². The van der Waals surface area contributed by atoms with Gasteiger partial charge in [0.2, 0.25) is 5.91 Å². The topological polar surface area (TPSA) is 45.7 Å². The predicted octanol–water partition coefficient (Wildman–Crippen LogP) is 5.09. The molecular formula is C23H30ClN3O2S. The Hall–Kier alpha value is -2.15. The minimum Gasteiger partial charge on any atom is -0.493 e. The maximum absolute atomic E-state index is 13.0. The summed E-state index contributed by atoms with van der Waals surface area (Å²) in [7, 11) is 4.09. The maximum atomic E-state index is 13.0. The van der Waals surface area contributed by atoms with E-state index in [-0.39, 0.29) is 18.3 Å². The van der Waals surface area contributed by atoms with Gasteiger partial charge >= 0.3 is 0 Å². The minimum absolute atomic E-state index is 0. The van der Waals surface area contributed by atoms with Gasteiger partial charge in [0.05, 0.1) is 23.2 Å². The third kappa shape index (κ3) is 6.42. The average Bonchev–Trinajstić information content (AvgIpc) is 3.09. The molecule has 0 aliphatic heterocycles. The fourth-order valence-corrected chi connectivity index (χ4v) is 4.44. The smallest absolute Gasteiger partial charge is 0.232 e. The number of benzene rings is 2. The first kappa shape index (κ1) is 24.1. The van der Waals surface area contributed by atoms with Gasteiger partial charge in [0, 0.05) is 6.54 Å². The van der Waals surface area contributed by atoms with Gasteiger partial charge in [-0.15, -0.1) is 12.4 Å². The zero-order valence-corrected chi connectivity index (χ0v) is 19.7. The highest BCUT2D eigenvalue weighted by Gasteiger charge is 2.20. The molecule has 0 aliphatic rings. The van der Waals surface area contributed by atoms with Gasteiger partial charge in [-0.1, -0.05) is 35.6 Å². The lowest BCUT2D eigenvalue weighted by Gasteiger charge is -2.21. The first-order chi connectivity index (χ1) is 13.9. The molecule has 7 heteroatoms. The molecule has 0 atom stereocenters. The lowest BCUT2D eigenvalue weighted by molar-refractivity contribution is -0.119. The van der Waals surface area contributed by atoms with Crippen molar-refractivity contribution in [3.8, 4) is 5.75 Å². The highest BCUT2D eigenvalue weighted by atomic mass is 35.5. The van der Waals surface area contributed by atoms with E-state index in [0.29, 0.717) is 19.6 Å². The highest BCUT2D eigenvalue weighted by Crippen LogP contribution is 2.32. The lowest BCUT2D eigenvalue weighted by atomic mass is 10.1. The molecule has 0 aliphatic carbocycles. The van der Waals surface area contributed by atoms with Crippen molar-refractivity contribution in [2.45, 2.75) is 26.7 Å². The lowest BCUT2D eigenvalue weighted by Crippen LogP contribution is -2.34. The number of fused-ring (bicyclic) bond motifs is 1. The van der Waals surface area contributed by atoms with E-state index in [0.717, 1.165) is 39.6 Å². The number of thiazole rings is 1. The Kier molecular flexibility index (Phi) is 9.08. The standard InChI is InChI=1S/C23H29N3O2S.ClH/c1-17-15-18(2)22-20(16-17)29-23(24-22)26(13-8-12-25(3)4)21(27)11-14-28-19-9-6-5-7-10-19;/h5-7,9-10,15-16H,8,11-14H2,1-4H3;1H. The Balaban J connectivity index is 0.00000320. The van der Waals surface area contributed by atoms with Crippen LogP contribution in [0.2, 0.25) is 0 Å². The number of aryl methyl sites for hydroxylation is 2. The number of carbonyl (C=O) groups is 1. The molecule has 3 aromatic rings. The molecule has 1 amide bonds. The van der Waals surface area contributed by atoms with E-state index in [1.165, 1.54) is 5.56 Å². The van der Waals surface area contributed by atoms with E-state index >= 15 is 0 Å². The Bertz CT molecular complexity index is 960. The molecule has 0 saturated carbocycles. The van der Waals surface area contributed by atoms with Crippen molar-refractivity contribution in [1.29, 1.82) is 0 Å². The minimum atomic E-state index is 0. The zero-order valence-electron chi connectivity index (χ0n) is 18.1. The van der Waals surface area contributed by atoms with Crippen molar-refractivity contribution in [3.05, 3.63) is 53.6 Å². The van der Waals surface area contributed by atoms with Crippen molar-refractivity contribution < 1.29 is 9.53 Å². The van der Waals surface area contributed by atoms with Gasteiger partial charge in [-0.2, -0.15) is 0 Å². The average molecular weight is 448 g/mol. The van der Waals surface area contributed by atoms with Gasteiger partial charge in [-0.25, -0.2) is 4.98 Å². The van der Waals surface area contributed by atoms with Gasteiger partial charge in [-0.3, -0.25) is 9.69 Å². The number of amides is 1. The van der Waals surface area contributed by atoms with Crippen molar-refractivity contribution in [2.24, 2.45) is 0 Å². The number of ether oxygens (including phenoxy) is 1. The van der Waals surface area contributed by atoms with Crippen LogP contribution in [0, 0.1) is 13.8 Å². The van der Waals surface area contributed by atoms with Crippen LogP contribution < -0.4 is 9.64 Å². The molecular weight excluding hydrogens is 418 g/mol. The third-order valence-corrected chi connectivity index (χ3v) is 5.69. The summed E-state index contributed by atoms with van der Waals surface area (Å²) < 4.78 is 6.85. The summed E-state index contributed by atoms with van der Waals surface area (Å²) in [5, 5.41) is 0.775. The SMILES string of the molecule is Cc1cc(C)c2nc(N(CCCN(C)C)C(=O)CCOc3ccccc3)sc2c1.Cl. The van der Waals surface area contributed by atoms with Crippen LogP contribution in [0.1, 0.15) is 24.0 Å². The van der Waals surface area contributed by atoms with Crippen molar-refractivity contribution in [2.75, 3.05) is 38.7 Å². The normalized spacial score (nSPS) is 10.8. The van der Waals surface area contributed by atoms with E-state index in [9.17, 15) is 4.79 Å². The number of para-hydroxylation sites is 1. The molecule has 0 spiro atoms. The van der Waals surface area contributed by atoms with Gasteiger partial charge in [0.15, 0.2) is 5.13 Å². The van der Waals surface area contributed by atoms with E-state index < -0.39 is 0 Å². The quantitative estimate of drug-likeness (QED) is 0.458. The first-order valence-corrected chi connectivity index (χ1v) is 10.8. The van der Waals surface area contributed by atoms with Crippen LogP contribution in [0.4, 0.5) is 5.13 Å². The van der Waals surface area contributed by atoms with Crippen molar-refractivity contribution >= 4 is 45.0 Å². The number of hydrogen-bond acceptors (Lipinski definition) is 5. The number of nitrogens with zero attached hydrogens (tertiary/aromatic N) is 3. The molecule has 0 fully saturated rings. The number of hydrogen-bond donors (Lipinski definition) is 0. The Morgan fingerprint density at radius 1 is 1.10 bits per heavy atom. The molecule has 1 aromatic heterocycles. The van der Waals surface area contributed by atoms with E-state index in [1.807, 2.05) is 49.3 Å². The summed E-state index contributed by atoms with van der Waals surface area (Å²) in [5.41, 5.74) is 3.35. The second kappa shape index (κ2) is 11.3. The maximum Gasteiger partial charge on any atom is 0.232 e. The monoisotopic (exact) mass is 447 g/mol. The summed E-state index contributed by atoms with van der Waals surface area (Å²) >= 11 is 1.59. The van der Waals surface area contributed by atoms with Crippen LogP contribution in [0.5, 0.6) is 5.75 Å². The van der Waals surface area contributed by atoms with E-state index in [1.54, 1.807) is 11.3 Å². The first-order valence-electron chi connectivity index (χ1n) is 9.95. The van der Waals surface area contributed by atoms with Crippen molar-refractivity contribution in [3.63, 3.8) is 0 Å². The number of anilines is 1. The summed E-state index contributed by atoms with van der Waals surface area (Å²) in [6, 6.07) is 13.9. The molecule has 5 nitrogen and oxygen atoms in total. The Labute approximate surface area is 189 Å². The Morgan fingerprint density at radius 3 is 2.53 bits per heavy atom. The second-order valence-corrected chi connectivity index (χ2v) is 8.55. The molecule has 30 heavy (non-hydrogen) atoms. The van der Waals surface area contributed by atoms with E-state index in [4.69, 9.17) is 9.72 Å². The van der Waals surface area contributed by atoms with Crippen LogP contribution >= 0.6 is 23.7 Å². The molecule has 3 rings (SSSR count). The second-order valence-electron chi connectivity index (χ2n) is 7.54. The van der Waals surface area contributed by atoms with Gasteiger partial charge in [0.25, 0.3) is 0 Å². The van der Waals surface area contributed by atoms with Crippen LogP contribution in [-0.4, -0.2) is 49.6 Å². The van der Waals surface area contributed by atoms with Gasteiger partial charge < -0.3 is 9.64 Å². The zero-order chi connectivity index (χ0) is 20.8. The summed E-state index contributed by atoms with van der Waals surface area (Å²) in [5.74, 6) is 0.832. The molecule has 0 bridgehead atoms. The molecule has 1 heterocycles. The Morgan fingerprint density at radius 2 is 1.83 bits per heavy atom. The van der Waals surface area contributed by atoms with Crippen molar-refractivity contribution in [1.82, 2.24) is 9.88 Å². The van der Waals surface area contributed by atoms with Crippen LogP contribution in [0.15, 0.2) is 42.5 Å². The largest absolute Gasteiger partial charge is 0.493 e. The highest BCUT2D eigenvalue weighted by molar-refractivity contribution is 7.22. The number of halogens is 1.